The van der Waals surface area contributed by atoms with Crippen LogP contribution in [0.15, 0.2) is 0 Å². The van der Waals surface area contributed by atoms with Gasteiger partial charge in [-0.3, -0.25) is 9.69 Å². The van der Waals surface area contributed by atoms with E-state index in [0.29, 0.717) is 31.2 Å². The zero-order valence-electron chi connectivity index (χ0n) is 20.5. The van der Waals surface area contributed by atoms with Crippen LogP contribution < -0.4 is 16.4 Å². The van der Waals surface area contributed by atoms with Gasteiger partial charge < -0.3 is 21.1 Å². The quantitative estimate of drug-likeness (QED) is 0.188. The molecule has 7 nitrogen and oxygen atoms in total. The van der Waals surface area contributed by atoms with Gasteiger partial charge in [-0.1, -0.05) is 40.5 Å². The summed E-state index contributed by atoms with van der Waals surface area (Å²) < 4.78 is 4.91. The van der Waals surface area contributed by atoms with Crippen LogP contribution in [0.3, 0.4) is 0 Å². The lowest BCUT2D eigenvalue weighted by Gasteiger charge is -2.36. The van der Waals surface area contributed by atoms with Gasteiger partial charge in [-0.15, -0.1) is 0 Å². The van der Waals surface area contributed by atoms with Gasteiger partial charge in [0.25, 0.3) is 0 Å². The Morgan fingerprint density at radius 1 is 1.19 bits per heavy atom. The highest BCUT2D eigenvalue weighted by atomic mass is 32.2. The van der Waals surface area contributed by atoms with E-state index in [0.717, 1.165) is 18.6 Å². The van der Waals surface area contributed by atoms with Crippen molar-refractivity contribution >= 4 is 36.3 Å². The van der Waals surface area contributed by atoms with Gasteiger partial charge in [-0.2, -0.15) is 24.4 Å². The SMILES string of the molecule is CCC(C)C(CN(C)C(C(=O)NC(CCSC)C(=O)OC)C(C)CC)NC[C@H](N)CS. The van der Waals surface area contributed by atoms with Crippen molar-refractivity contribution in [3.05, 3.63) is 0 Å². The van der Waals surface area contributed by atoms with E-state index in [2.05, 4.69) is 55.9 Å². The normalized spacial score (nSPS) is 17.5. The van der Waals surface area contributed by atoms with Crippen molar-refractivity contribution < 1.29 is 14.3 Å². The van der Waals surface area contributed by atoms with E-state index >= 15 is 0 Å². The molecule has 6 atom stereocenters. The Kier molecular flexibility index (Phi) is 16.8. The van der Waals surface area contributed by atoms with Gasteiger partial charge in [0.05, 0.1) is 13.2 Å². The molecule has 5 unspecified atom stereocenters. The number of carbonyl (C=O) groups excluding carboxylic acids is 2. The third-order valence-corrected chi connectivity index (χ3v) is 7.14. The van der Waals surface area contributed by atoms with E-state index in [9.17, 15) is 9.59 Å². The number of methoxy groups -OCH3 is 1. The Morgan fingerprint density at radius 2 is 1.81 bits per heavy atom. The number of likely N-dealkylation sites (N-methyl/N-ethyl adjacent to an activating group) is 1. The smallest absolute Gasteiger partial charge is 0.328 e. The van der Waals surface area contributed by atoms with Crippen molar-refractivity contribution in [3.8, 4) is 0 Å². The first-order valence-electron chi connectivity index (χ1n) is 11.3. The first-order chi connectivity index (χ1) is 14.7. The summed E-state index contributed by atoms with van der Waals surface area (Å²) in [6, 6.07) is -0.764. The number of rotatable bonds is 17. The minimum atomic E-state index is -0.623. The molecule has 0 aliphatic heterocycles. The second-order valence-corrected chi connectivity index (χ2v) is 9.83. The van der Waals surface area contributed by atoms with Crippen LogP contribution in [-0.2, 0) is 14.3 Å². The van der Waals surface area contributed by atoms with Crippen molar-refractivity contribution in [2.75, 3.05) is 45.0 Å². The predicted octanol–water partition coefficient (Wildman–Crippen LogP) is 2.01. The first kappa shape index (κ1) is 30.5. The number of hydrogen-bond acceptors (Lipinski definition) is 8. The van der Waals surface area contributed by atoms with Gasteiger partial charge in [0.2, 0.25) is 5.91 Å². The lowest BCUT2D eigenvalue weighted by molar-refractivity contribution is -0.146. The van der Waals surface area contributed by atoms with E-state index in [1.807, 2.05) is 13.3 Å². The number of thiol groups is 1. The second-order valence-electron chi connectivity index (χ2n) is 8.48. The number of nitrogens with zero attached hydrogens (tertiary/aromatic N) is 1. The Labute approximate surface area is 199 Å². The van der Waals surface area contributed by atoms with Crippen molar-refractivity contribution in [1.29, 1.82) is 0 Å². The fourth-order valence-corrected chi connectivity index (χ4v) is 4.12. The summed E-state index contributed by atoms with van der Waals surface area (Å²) in [4.78, 5) is 27.6. The molecule has 9 heteroatoms. The maximum absolute atomic E-state index is 13.3. The molecule has 0 saturated heterocycles. The molecule has 0 aliphatic carbocycles. The maximum Gasteiger partial charge on any atom is 0.328 e. The highest BCUT2D eigenvalue weighted by molar-refractivity contribution is 7.98. The number of nitrogens with two attached hydrogens (primary N) is 1. The maximum atomic E-state index is 13.3. The Balaban J connectivity index is 5.43. The molecule has 0 aromatic heterocycles. The van der Waals surface area contributed by atoms with Crippen molar-refractivity contribution in [2.24, 2.45) is 17.6 Å². The lowest BCUT2D eigenvalue weighted by atomic mass is 9.93. The van der Waals surface area contributed by atoms with Crippen LogP contribution in [0.5, 0.6) is 0 Å². The minimum Gasteiger partial charge on any atom is -0.467 e. The molecule has 0 bridgehead atoms. The topological polar surface area (TPSA) is 96.7 Å². The van der Waals surface area contributed by atoms with Crippen LogP contribution in [0.1, 0.15) is 47.0 Å². The second kappa shape index (κ2) is 17.1. The van der Waals surface area contributed by atoms with E-state index < -0.39 is 12.0 Å². The van der Waals surface area contributed by atoms with Crippen molar-refractivity contribution in [2.45, 2.75) is 71.1 Å². The van der Waals surface area contributed by atoms with Gasteiger partial charge in [0, 0.05) is 30.9 Å². The molecule has 0 aliphatic rings. The number of carbonyl (C=O) groups is 2. The summed E-state index contributed by atoms with van der Waals surface area (Å²) in [5, 5.41) is 6.53. The van der Waals surface area contributed by atoms with Crippen LogP contribution in [-0.4, -0.2) is 86.0 Å². The highest BCUT2D eigenvalue weighted by Crippen LogP contribution is 2.18. The number of ether oxygens (including phenoxy) is 1. The fourth-order valence-electron chi connectivity index (χ4n) is 3.52. The summed E-state index contributed by atoms with van der Waals surface area (Å²) in [6.07, 6.45) is 4.42. The van der Waals surface area contributed by atoms with Gasteiger partial charge >= 0.3 is 5.97 Å². The van der Waals surface area contributed by atoms with Gasteiger partial charge in [0.1, 0.15) is 6.04 Å². The molecule has 31 heavy (non-hydrogen) atoms. The molecule has 0 aromatic rings. The molecule has 0 saturated carbocycles. The minimum absolute atomic E-state index is 0.00823. The Bertz CT molecular complexity index is 513. The van der Waals surface area contributed by atoms with Gasteiger partial charge in [0.15, 0.2) is 0 Å². The molecule has 0 rings (SSSR count). The molecule has 0 radical (unpaired) electrons. The third kappa shape index (κ3) is 11.3. The van der Waals surface area contributed by atoms with Crippen LogP contribution in [0.25, 0.3) is 0 Å². The molecule has 0 heterocycles. The zero-order chi connectivity index (χ0) is 24.0. The highest BCUT2D eigenvalue weighted by Gasteiger charge is 2.33. The summed E-state index contributed by atoms with van der Waals surface area (Å²) >= 11 is 5.91. The molecule has 184 valence electrons. The van der Waals surface area contributed by atoms with Crippen LogP contribution >= 0.6 is 24.4 Å². The van der Waals surface area contributed by atoms with E-state index in [1.54, 1.807) is 11.8 Å². The molecular weight excluding hydrogens is 432 g/mol. The number of thioether (sulfide) groups is 1. The van der Waals surface area contributed by atoms with Gasteiger partial charge in [-0.25, -0.2) is 4.79 Å². The van der Waals surface area contributed by atoms with E-state index in [4.69, 9.17) is 10.5 Å². The molecule has 1 amide bonds. The Hall–Kier alpha value is -0.480. The van der Waals surface area contributed by atoms with Crippen LogP contribution in [0, 0.1) is 11.8 Å². The third-order valence-electron chi connectivity index (χ3n) is 6.03. The molecule has 0 aromatic carbocycles. The molecule has 4 N–H and O–H groups in total. The number of esters is 1. The zero-order valence-corrected chi connectivity index (χ0v) is 22.2. The first-order valence-corrected chi connectivity index (χ1v) is 13.4. The van der Waals surface area contributed by atoms with E-state index in [-0.39, 0.29) is 30.0 Å². The fraction of sp³-hybridized carbons (Fsp3) is 0.909. The summed E-state index contributed by atoms with van der Waals surface area (Å²) in [7, 11) is 3.35. The number of nitrogens with one attached hydrogen (secondary N) is 2. The standard InChI is InChI=1S/C22H46N4O3S2/c1-8-15(3)19(24-12-17(23)14-30)13-26(5)20(16(4)9-2)21(27)25-18(10-11-31-7)22(28)29-6/h15-20,24,30H,8-14,23H2,1-7H3,(H,25,27)/t15?,16?,17-,18?,19?,20?/m0/s1. The average Bonchev–Trinajstić information content (AvgIpc) is 2.77. The van der Waals surface area contributed by atoms with Gasteiger partial charge in [-0.05, 0) is 37.3 Å². The monoisotopic (exact) mass is 478 g/mol. The van der Waals surface area contributed by atoms with Crippen LogP contribution in [0.4, 0.5) is 0 Å². The molecular formula is C22H46N4O3S2. The van der Waals surface area contributed by atoms with Crippen molar-refractivity contribution in [3.63, 3.8) is 0 Å². The summed E-state index contributed by atoms with van der Waals surface area (Å²) in [6.45, 7) is 9.95. The Morgan fingerprint density at radius 3 is 2.29 bits per heavy atom. The van der Waals surface area contributed by atoms with Crippen LogP contribution in [0.2, 0.25) is 0 Å². The summed E-state index contributed by atoms with van der Waals surface area (Å²) in [5.74, 6) is 1.45. The number of hydrogen-bond donors (Lipinski definition) is 4. The number of amides is 1. The molecule has 0 spiro atoms. The predicted molar refractivity (Wildman–Crippen MR) is 136 cm³/mol. The van der Waals surface area contributed by atoms with E-state index in [1.165, 1.54) is 7.11 Å². The van der Waals surface area contributed by atoms with Crippen molar-refractivity contribution in [1.82, 2.24) is 15.5 Å². The lowest BCUT2D eigenvalue weighted by Crippen LogP contribution is -2.57. The average molecular weight is 479 g/mol. The summed E-state index contributed by atoms with van der Waals surface area (Å²) in [5.41, 5.74) is 6.05. The largest absolute Gasteiger partial charge is 0.467 e. The molecule has 0 fully saturated rings.